The van der Waals surface area contributed by atoms with E-state index in [4.69, 9.17) is 0 Å². The third-order valence-electron chi connectivity index (χ3n) is 1.75. The van der Waals surface area contributed by atoms with Gasteiger partial charge < -0.3 is 17.0 Å². The monoisotopic (exact) mass is 383 g/mol. The summed E-state index contributed by atoms with van der Waals surface area (Å²) in [7, 11) is 0. The first-order chi connectivity index (χ1) is 6.13. The van der Waals surface area contributed by atoms with Crippen LogP contribution in [0.15, 0.2) is 22.8 Å². The maximum absolute atomic E-state index is 3.46. The van der Waals surface area contributed by atoms with Crippen LogP contribution in [0.2, 0.25) is 0 Å². The maximum Gasteiger partial charge on any atom is 0.185 e. The summed E-state index contributed by atoms with van der Waals surface area (Å²) in [6, 6.07) is 4.25. The predicted octanol–water partition coefficient (Wildman–Crippen LogP) is 0.183. The Kier molecular flexibility index (Phi) is 6.91. The van der Waals surface area contributed by atoms with Crippen molar-refractivity contribution in [1.82, 2.24) is 0 Å². The Morgan fingerprint density at radius 2 is 2.14 bits per heavy atom. The number of aryl methyl sites for hydroxylation is 2. The summed E-state index contributed by atoms with van der Waals surface area (Å²) in [5.41, 5.74) is 2.52. The van der Waals surface area contributed by atoms with E-state index in [1.165, 1.54) is 11.3 Å². The molecule has 78 valence electrons. The normalized spacial score (nSPS) is 11.0. The summed E-state index contributed by atoms with van der Waals surface area (Å²) in [5, 5.41) is 0.841. The molecule has 0 aliphatic rings. The second kappa shape index (κ2) is 6.75. The molecule has 0 aliphatic heterocycles. The van der Waals surface area contributed by atoms with Gasteiger partial charge in [-0.1, -0.05) is 15.9 Å². The highest BCUT2D eigenvalue weighted by Crippen LogP contribution is 2.07. The minimum absolute atomic E-state index is 0. The molecule has 0 saturated carbocycles. The number of rotatable bonds is 2. The molecule has 1 heterocycles. The Morgan fingerprint density at radius 3 is 2.64 bits per heavy atom. The first-order valence-corrected chi connectivity index (χ1v) is 5.95. The van der Waals surface area contributed by atoms with E-state index in [0.29, 0.717) is 0 Å². The lowest BCUT2D eigenvalue weighted by molar-refractivity contribution is -0.575. The van der Waals surface area contributed by atoms with Crippen LogP contribution in [0, 0.1) is 13.8 Å². The Bertz CT molecular complexity index is 334. The molecule has 4 heteroatoms. The topological polar surface area (TPSA) is 3.88 Å². The minimum Gasteiger partial charge on any atom is -1.00 e. The molecule has 0 atom stereocenters. The fourth-order valence-corrected chi connectivity index (χ4v) is 1.46. The van der Waals surface area contributed by atoms with Crippen LogP contribution in [-0.4, -0.2) is 5.33 Å². The first kappa shape index (κ1) is 14.3. The van der Waals surface area contributed by atoms with Gasteiger partial charge in [0, 0.05) is 24.4 Å². The maximum atomic E-state index is 3.46. The molecule has 1 aromatic rings. The van der Waals surface area contributed by atoms with Crippen LogP contribution < -0.4 is 21.5 Å². The molecule has 0 N–H and O–H groups in total. The van der Waals surface area contributed by atoms with Crippen molar-refractivity contribution in [3.63, 3.8) is 0 Å². The van der Waals surface area contributed by atoms with Crippen LogP contribution in [0.3, 0.4) is 0 Å². The van der Waals surface area contributed by atoms with Crippen molar-refractivity contribution in [2.24, 2.45) is 0 Å². The number of alkyl halides is 1. The molecule has 1 nitrogen and oxygen atoms in total. The molecular weight excluding hydrogens is 374 g/mol. The molecule has 0 spiro atoms. The van der Waals surface area contributed by atoms with E-state index < -0.39 is 0 Å². The quantitative estimate of drug-likeness (QED) is 0.505. The molecule has 0 fully saturated rings. The van der Waals surface area contributed by atoms with Crippen molar-refractivity contribution in [3.05, 3.63) is 34.1 Å². The number of allylic oxidation sites excluding steroid dienone is 1. The molecule has 0 amide bonds. The van der Waals surface area contributed by atoms with E-state index in [-0.39, 0.29) is 17.0 Å². The van der Waals surface area contributed by atoms with E-state index in [1.807, 2.05) is 0 Å². The predicted molar refractivity (Wildman–Crippen MR) is 63.1 cm³/mol. The van der Waals surface area contributed by atoms with E-state index in [0.717, 1.165) is 9.81 Å². The van der Waals surface area contributed by atoms with E-state index in [1.54, 1.807) is 0 Å². The third kappa shape index (κ3) is 4.24. The van der Waals surface area contributed by atoms with Crippen molar-refractivity contribution < 1.29 is 21.5 Å². The number of pyridine rings is 1. The van der Waals surface area contributed by atoms with Gasteiger partial charge in [0.1, 0.15) is 0 Å². The van der Waals surface area contributed by atoms with Gasteiger partial charge in [0.2, 0.25) is 0 Å². The summed E-state index contributed by atoms with van der Waals surface area (Å²) in [6.45, 7) is 4.19. The van der Waals surface area contributed by atoms with Gasteiger partial charge in [-0.3, -0.25) is 0 Å². The zero-order chi connectivity index (χ0) is 9.84. The van der Waals surface area contributed by atoms with Gasteiger partial charge in [0.05, 0.1) is 4.48 Å². The molecule has 0 unspecified atom stereocenters. The second-order valence-corrected chi connectivity index (χ2v) is 4.54. The van der Waals surface area contributed by atoms with Gasteiger partial charge in [-0.15, -0.1) is 0 Å². The third-order valence-corrected chi connectivity index (χ3v) is 3.59. The number of halogens is 3. The van der Waals surface area contributed by atoms with Crippen LogP contribution >= 0.6 is 31.9 Å². The largest absolute Gasteiger partial charge is 1.00 e. The first-order valence-electron chi connectivity index (χ1n) is 4.04. The summed E-state index contributed by atoms with van der Waals surface area (Å²) in [5.74, 6) is 0. The van der Waals surface area contributed by atoms with Crippen LogP contribution in [0.25, 0.3) is 6.20 Å². The molecule has 0 radical (unpaired) electrons. The van der Waals surface area contributed by atoms with Gasteiger partial charge in [0.25, 0.3) is 0 Å². The van der Waals surface area contributed by atoms with Crippen molar-refractivity contribution in [1.29, 1.82) is 0 Å². The Balaban J connectivity index is 0.00000169. The standard InChI is InChI=1S/C10H12Br2N.BrH/c1-8-3-4-13(9(2)5-8)7-10(12)6-11;/h3-5,7H,6H2,1-2H3;1H/q+1;/p-1. The van der Waals surface area contributed by atoms with Crippen LogP contribution in [0.4, 0.5) is 0 Å². The molecular formula is C10H12Br3N. The van der Waals surface area contributed by atoms with Crippen molar-refractivity contribution >= 4 is 38.1 Å². The van der Waals surface area contributed by atoms with E-state index in [9.17, 15) is 0 Å². The van der Waals surface area contributed by atoms with Crippen molar-refractivity contribution in [2.45, 2.75) is 13.8 Å². The Labute approximate surface area is 112 Å². The van der Waals surface area contributed by atoms with Gasteiger partial charge in [-0.05, 0) is 28.4 Å². The number of hydrogen-bond acceptors (Lipinski definition) is 0. The summed E-state index contributed by atoms with van der Waals surface area (Å²) >= 11 is 6.84. The molecule has 0 aliphatic carbocycles. The number of aromatic nitrogens is 1. The molecule has 14 heavy (non-hydrogen) atoms. The highest BCUT2D eigenvalue weighted by atomic mass is 79.9. The lowest BCUT2D eigenvalue weighted by Gasteiger charge is -1.95. The molecule has 1 rings (SSSR count). The fourth-order valence-electron chi connectivity index (χ4n) is 1.10. The average Bonchev–Trinajstić information content (AvgIpc) is 2.09. The number of nitrogens with zero attached hydrogens (tertiary/aromatic N) is 1. The fraction of sp³-hybridized carbons (Fsp3) is 0.300. The average molecular weight is 386 g/mol. The lowest BCUT2D eigenvalue weighted by atomic mass is 10.2. The van der Waals surface area contributed by atoms with Crippen LogP contribution in [-0.2, 0) is 0 Å². The zero-order valence-corrected chi connectivity index (χ0v) is 12.9. The Hall–Kier alpha value is 0.330. The van der Waals surface area contributed by atoms with Crippen LogP contribution in [0.5, 0.6) is 0 Å². The number of hydrogen-bond donors (Lipinski definition) is 0. The SMILES string of the molecule is Cc1cc[n+](C=C(Br)CBr)c(C)c1.[Br-]. The molecule has 0 saturated heterocycles. The summed E-state index contributed by atoms with van der Waals surface area (Å²) < 4.78 is 3.22. The van der Waals surface area contributed by atoms with E-state index >= 15 is 0 Å². The van der Waals surface area contributed by atoms with Gasteiger partial charge in [-0.2, -0.15) is 4.57 Å². The minimum atomic E-state index is 0. The summed E-state index contributed by atoms with van der Waals surface area (Å²) in [6.07, 6.45) is 4.12. The molecule has 1 aromatic heterocycles. The van der Waals surface area contributed by atoms with Crippen LogP contribution in [0.1, 0.15) is 11.3 Å². The highest BCUT2D eigenvalue weighted by Gasteiger charge is 2.03. The van der Waals surface area contributed by atoms with Gasteiger partial charge in [0.15, 0.2) is 18.1 Å². The molecule has 0 bridgehead atoms. The lowest BCUT2D eigenvalue weighted by Crippen LogP contribution is -3.00. The molecule has 0 aromatic carbocycles. The van der Waals surface area contributed by atoms with Crippen molar-refractivity contribution in [3.8, 4) is 0 Å². The van der Waals surface area contributed by atoms with Gasteiger partial charge >= 0.3 is 0 Å². The smallest absolute Gasteiger partial charge is 0.185 e. The summed E-state index contributed by atoms with van der Waals surface area (Å²) in [4.78, 5) is 0. The highest BCUT2D eigenvalue weighted by molar-refractivity contribution is 9.13. The zero-order valence-electron chi connectivity index (χ0n) is 8.10. The van der Waals surface area contributed by atoms with Crippen molar-refractivity contribution in [2.75, 3.05) is 5.33 Å². The second-order valence-electron chi connectivity index (χ2n) is 2.96. The Morgan fingerprint density at radius 1 is 1.50 bits per heavy atom. The van der Waals surface area contributed by atoms with E-state index in [2.05, 4.69) is 74.8 Å². The van der Waals surface area contributed by atoms with Gasteiger partial charge in [-0.25, -0.2) is 0 Å².